The molecule has 0 bridgehead atoms. The minimum Gasteiger partial charge on any atom is -0.368 e. The number of hydrogen-bond donors (Lipinski definition) is 2. The van der Waals surface area contributed by atoms with Gasteiger partial charge >= 0.3 is 0 Å². The van der Waals surface area contributed by atoms with Crippen molar-refractivity contribution in [2.45, 2.75) is 45.6 Å². The molecule has 1 fully saturated rings. The lowest BCUT2D eigenvalue weighted by atomic mass is 9.79. The Morgan fingerprint density at radius 1 is 1.22 bits per heavy atom. The second-order valence-corrected chi connectivity index (χ2v) is 5.03. The summed E-state index contributed by atoms with van der Waals surface area (Å²) >= 11 is 0. The summed E-state index contributed by atoms with van der Waals surface area (Å²) in [5.41, 5.74) is 5.88. The lowest BCUT2D eigenvalue weighted by molar-refractivity contribution is 0.304. The van der Waals surface area contributed by atoms with Crippen molar-refractivity contribution >= 4 is 17.8 Å². The molecular weight excluding hydrogens is 228 g/mol. The van der Waals surface area contributed by atoms with Gasteiger partial charge in [0.15, 0.2) is 0 Å². The summed E-state index contributed by atoms with van der Waals surface area (Å²) in [6, 6.07) is 0. The van der Waals surface area contributed by atoms with Crippen LogP contribution in [0.25, 0.3) is 0 Å². The molecule has 0 spiro atoms. The van der Waals surface area contributed by atoms with Crippen molar-refractivity contribution in [3.63, 3.8) is 0 Å². The molecule has 0 aromatic carbocycles. The Morgan fingerprint density at radius 3 is 2.39 bits per heavy atom. The molecule has 1 aromatic heterocycles. The fraction of sp³-hybridized carbons (Fsp3) is 0.750. The van der Waals surface area contributed by atoms with E-state index in [-0.39, 0.29) is 11.5 Å². The standard InChI is InChI=1S/C12H22N6/c1-4-18(5-2)11-15-9(13)14-10(16-11)17-12(3)7-6-8-12/h4-8H2,1-3H3,(H3,13,14,15,16,17). The highest BCUT2D eigenvalue weighted by molar-refractivity contribution is 5.43. The summed E-state index contributed by atoms with van der Waals surface area (Å²) in [7, 11) is 0. The van der Waals surface area contributed by atoms with Crippen molar-refractivity contribution in [1.82, 2.24) is 15.0 Å². The topological polar surface area (TPSA) is 80.0 Å². The van der Waals surface area contributed by atoms with E-state index in [2.05, 4.69) is 45.9 Å². The number of rotatable bonds is 5. The first kappa shape index (κ1) is 12.9. The molecule has 6 nitrogen and oxygen atoms in total. The first-order valence-corrected chi connectivity index (χ1v) is 6.61. The van der Waals surface area contributed by atoms with E-state index >= 15 is 0 Å². The molecule has 3 N–H and O–H groups in total. The molecule has 1 aromatic rings. The van der Waals surface area contributed by atoms with E-state index in [0.29, 0.717) is 11.9 Å². The van der Waals surface area contributed by atoms with Crippen LogP contribution in [0.2, 0.25) is 0 Å². The van der Waals surface area contributed by atoms with Crippen LogP contribution in [0.15, 0.2) is 0 Å². The van der Waals surface area contributed by atoms with Gasteiger partial charge in [0, 0.05) is 18.6 Å². The van der Waals surface area contributed by atoms with Crippen LogP contribution in [0.3, 0.4) is 0 Å². The van der Waals surface area contributed by atoms with Crippen LogP contribution in [-0.2, 0) is 0 Å². The van der Waals surface area contributed by atoms with Crippen LogP contribution in [-0.4, -0.2) is 33.6 Å². The minimum atomic E-state index is 0.119. The number of nitrogen functional groups attached to an aromatic ring is 1. The molecule has 0 amide bonds. The van der Waals surface area contributed by atoms with Gasteiger partial charge in [-0.15, -0.1) is 0 Å². The molecule has 0 aliphatic heterocycles. The summed E-state index contributed by atoms with van der Waals surface area (Å²) < 4.78 is 0. The van der Waals surface area contributed by atoms with E-state index in [1.54, 1.807) is 0 Å². The second-order valence-electron chi connectivity index (χ2n) is 5.03. The molecule has 1 aliphatic rings. The van der Waals surface area contributed by atoms with E-state index in [4.69, 9.17) is 5.73 Å². The highest BCUT2D eigenvalue weighted by Crippen LogP contribution is 2.33. The number of anilines is 3. The zero-order chi connectivity index (χ0) is 13.2. The third kappa shape index (κ3) is 2.63. The highest BCUT2D eigenvalue weighted by Gasteiger charge is 2.32. The number of aromatic nitrogens is 3. The van der Waals surface area contributed by atoms with Crippen molar-refractivity contribution in [2.75, 3.05) is 29.0 Å². The fourth-order valence-electron chi connectivity index (χ4n) is 2.19. The van der Waals surface area contributed by atoms with Gasteiger partial charge < -0.3 is 16.0 Å². The van der Waals surface area contributed by atoms with E-state index in [1.807, 2.05) is 0 Å². The Bertz CT molecular complexity index is 411. The smallest absolute Gasteiger partial charge is 0.231 e. The van der Waals surface area contributed by atoms with Crippen molar-refractivity contribution < 1.29 is 0 Å². The maximum Gasteiger partial charge on any atom is 0.231 e. The van der Waals surface area contributed by atoms with Crippen LogP contribution in [0.1, 0.15) is 40.0 Å². The van der Waals surface area contributed by atoms with Crippen molar-refractivity contribution in [2.24, 2.45) is 0 Å². The van der Waals surface area contributed by atoms with Crippen molar-refractivity contribution in [3.05, 3.63) is 0 Å². The summed E-state index contributed by atoms with van der Waals surface area (Å²) in [5, 5.41) is 3.37. The summed E-state index contributed by atoms with van der Waals surface area (Å²) in [6.07, 6.45) is 3.56. The molecule has 0 radical (unpaired) electrons. The third-order valence-electron chi connectivity index (χ3n) is 3.56. The van der Waals surface area contributed by atoms with E-state index in [9.17, 15) is 0 Å². The van der Waals surface area contributed by atoms with Gasteiger partial charge in [0.2, 0.25) is 17.8 Å². The summed E-state index contributed by atoms with van der Waals surface area (Å²) in [4.78, 5) is 14.9. The number of hydrogen-bond acceptors (Lipinski definition) is 6. The molecule has 1 aliphatic carbocycles. The van der Waals surface area contributed by atoms with Crippen LogP contribution >= 0.6 is 0 Å². The maximum atomic E-state index is 5.76. The lowest BCUT2D eigenvalue weighted by Gasteiger charge is -2.39. The second kappa shape index (κ2) is 4.96. The zero-order valence-electron chi connectivity index (χ0n) is 11.4. The van der Waals surface area contributed by atoms with Crippen molar-refractivity contribution in [1.29, 1.82) is 0 Å². The molecule has 2 rings (SSSR count). The van der Waals surface area contributed by atoms with Gasteiger partial charge in [-0.3, -0.25) is 0 Å². The van der Waals surface area contributed by atoms with E-state index < -0.39 is 0 Å². The van der Waals surface area contributed by atoms with Gasteiger partial charge in [0.1, 0.15) is 0 Å². The normalized spacial score (nSPS) is 17.1. The van der Waals surface area contributed by atoms with Gasteiger partial charge in [0.05, 0.1) is 0 Å². The molecule has 6 heteroatoms. The van der Waals surface area contributed by atoms with Crippen molar-refractivity contribution in [3.8, 4) is 0 Å². The average Bonchev–Trinajstić information content (AvgIpc) is 2.28. The predicted octanol–water partition coefficient (Wildman–Crippen LogP) is 1.65. The molecule has 1 heterocycles. The summed E-state index contributed by atoms with van der Waals surface area (Å²) in [5.74, 6) is 1.52. The Morgan fingerprint density at radius 2 is 1.89 bits per heavy atom. The number of nitrogens with two attached hydrogens (primary N) is 1. The zero-order valence-corrected chi connectivity index (χ0v) is 11.4. The minimum absolute atomic E-state index is 0.119. The molecule has 1 saturated carbocycles. The summed E-state index contributed by atoms with van der Waals surface area (Å²) in [6.45, 7) is 8.05. The van der Waals surface area contributed by atoms with E-state index in [1.165, 1.54) is 6.42 Å². The van der Waals surface area contributed by atoms with Crippen LogP contribution < -0.4 is 16.0 Å². The van der Waals surface area contributed by atoms with Crippen LogP contribution in [0.4, 0.5) is 17.8 Å². The monoisotopic (exact) mass is 250 g/mol. The SMILES string of the molecule is CCN(CC)c1nc(N)nc(NC2(C)CCC2)n1. The number of nitrogens with zero attached hydrogens (tertiary/aromatic N) is 4. The molecule has 0 atom stereocenters. The van der Waals surface area contributed by atoms with Crippen LogP contribution in [0, 0.1) is 0 Å². The first-order chi connectivity index (χ1) is 8.56. The molecule has 0 saturated heterocycles. The maximum absolute atomic E-state index is 5.76. The third-order valence-corrected chi connectivity index (χ3v) is 3.56. The fourth-order valence-corrected chi connectivity index (χ4v) is 2.19. The van der Waals surface area contributed by atoms with Gasteiger partial charge in [0.25, 0.3) is 0 Å². The Kier molecular flexibility index (Phi) is 3.54. The van der Waals surface area contributed by atoms with Gasteiger partial charge in [-0.05, 0) is 40.0 Å². The highest BCUT2D eigenvalue weighted by atomic mass is 15.3. The molecule has 0 unspecified atom stereocenters. The quantitative estimate of drug-likeness (QED) is 0.827. The first-order valence-electron chi connectivity index (χ1n) is 6.61. The average molecular weight is 250 g/mol. The Labute approximate surface area is 108 Å². The predicted molar refractivity (Wildman–Crippen MR) is 73.7 cm³/mol. The molecule has 18 heavy (non-hydrogen) atoms. The Hall–Kier alpha value is -1.59. The lowest BCUT2D eigenvalue weighted by Crippen LogP contribution is -2.42. The van der Waals surface area contributed by atoms with E-state index in [0.717, 1.165) is 25.9 Å². The largest absolute Gasteiger partial charge is 0.368 e. The molecule has 100 valence electrons. The molecular formula is C12H22N6. The van der Waals surface area contributed by atoms with Gasteiger partial charge in [-0.1, -0.05) is 0 Å². The number of nitrogens with one attached hydrogen (secondary N) is 1. The van der Waals surface area contributed by atoms with Gasteiger partial charge in [-0.25, -0.2) is 0 Å². The van der Waals surface area contributed by atoms with Crippen LogP contribution in [0.5, 0.6) is 0 Å². The Balaban J connectivity index is 2.20. The van der Waals surface area contributed by atoms with Gasteiger partial charge in [-0.2, -0.15) is 15.0 Å².